The molecule has 2 aliphatic rings. The average molecular weight is 326 g/mol. The number of amides is 1. The third-order valence-electron chi connectivity index (χ3n) is 5.46. The van der Waals surface area contributed by atoms with E-state index in [-0.39, 0.29) is 11.3 Å². The Morgan fingerprint density at radius 1 is 1.42 bits per heavy atom. The van der Waals surface area contributed by atoms with Crippen LogP contribution in [0.25, 0.3) is 0 Å². The topological polar surface area (TPSA) is 55.6 Å². The maximum Gasteiger partial charge on any atom is 0.230 e. The molecule has 2 fully saturated rings. The van der Waals surface area contributed by atoms with Gasteiger partial charge in [-0.05, 0) is 43.0 Å². The van der Waals surface area contributed by atoms with E-state index in [0.717, 1.165) is 31.0 Å². The van der Waals surface area contributed by atoms with Crippen LogP contribution in [0.5, 0.6) is 5.75 Å². The van der Waals surface area contributed by atoms with Gasteiger partial charge in [-0.1, -0.05) is 6.42 Å². The lowest BCUT2D eigenvalue weighted by Crippen LogP contribution is -2.36. The number of likely N-dealkylation sites (tertiary alicyclic amines) is 1. The summed E-state index contributed by atoms with van der Waals surface area (Å²) in [5, 5.41) is 0. The summed E-state index contributed by atoms with van der Waals surface area (Å²) in [5.74, 6) is 2.23. The SMILES string of the molecule is O=C(Cc1ccco1)N1C[C@@H]2CCC[C@]2(COc2cccnc2)C1. The predicted octanol–water partition coefficient (Wildman–Crippen LogP) is 2.92. The summed E-state index contributed by atoms with van der Waals surface area (Å²) in [6.45, 7) is 2.29. The number of aromatic nitrogens is 1. The number of carbonyl (C=O) groups excluding carboxylic acids is 1. The van der Waals surface area contributed by atoms with E-state index in [2.05, 4.69) is 4.98 Å². The van der Waals surface area contributed by atoms with Crippen LogP contribution in [0.15, 0.2) is 47.3 Å². The van der Waals surface area contributed by atoms with Crippen molar-refractivity contribution in [2.24, 2.45) is 11.3 Å². The number of hydrogen-bond donors (Lipinski definition) is 0. The first-order valence-corrected chi connectivity index (χ1v) is 8.58. The molecule has 24 heavy (non-hydrogen) atoms. The largest absolute Gasteiger partial charge is 0.491 e. The second-order valence-electron chi connectivity index (χ2n) is 6.96. The van der Waals surface area contributed by atoms with E-state index in [9.17, 15) is 4.79 Å². The lowest BCUT2D eigenvalue weighted by Gasteiger charge is -2.28. The average Bonchev–Trinajstić information content (AvgIpc) is 3.29. The van der Waals surface area contributed by atoms with Crippen LogP contribution in [-0.4, -0.2) is 35.5 Å². The summed E-state index contributed by atoms with van der Waals surface area (Å²) in [5.41, 5.74) is 0.0919. The summed E-state index contributed by atoms with van der Waals surface area (Å²) in [7, 11) is 0. The smallest absolute Gasteiger partial charge is 0.230 e. The van der Waals surface area contributed by atoms with Crippen molar-refractivity contribution in [3.8, 4) is 5.75 Å². The molecule has 4 rings (SSSR count). The van der Waals surface area contributed by atoms with Gasteiger partial charge in [-0.25, -0.2) is 0 Å². The summed E-state index contributed by atoms with van der Waals surface area (Å²) >= 11 is 0. The Balaban J connectivity index is 1.42. The summed E-state index contributed by atoms with van der Waals surface area (Å²) in [4.78, 5) is 18.7. The van der Waals surface area contributed by atoms with Crippen LogP contribution >= 0.6 is 0 Å². The van der Waals surface area contributed by atoms with Crippen LogP contribution in [0.1, 0.15) is 25.0 Å². The number of hydrogen-bond acceptors (Lipinski definition) is 4. The van der Waals surface area contributed by atoms with Gasteiger partial charge >= 0.3 is 0 Å². The second-order valence-corrected chi connectivity index (χ2v) is 6.96. The minimum atomic E-state index is 0.0919. The van der Waals surface area contributed by atoms with Gasteiger partial charge in [0.15, 0.2) is 0 Å². The van der Waals surface area contributed by atoms with Gasteiger partial charge in [-0.15, -0.1) is 0 Å². The molecule has 0 radical (unpaired) electrons. The fraction of sp³-hybridized carbons (Fsp3) is 0.474. The van der Waals surface area contributed by atoms with Crippen LogP contribution in [0, 0.1) is 11.3 Å². The highest BCUT2D eigenvalue weighted by Gasteiger charge is 2.51. The number of pyridine rings is 1. The van der Waals surface area contributed by atoms with E-state index in [1.165, 1.54) is 12.8 Å². The monoisotopic (exact) mass is 326 g/mol. The number of nitrogens with zero attached hydrogens (tertiary/aromatic N) is 2. The maximum atomic E-state index is 12.6. The van der Waals surface area contributed by atoms with E-state index in [4.69, 9.17) is 9.15 Å². The molecule has 1 saturated carbocycles. The van der Waals surface area contributed by atoms with Gasteiger partial charge in [0, 0.05) is 24.7 Å². The minimum absolute atomic E-state index is 0.0919. The number of fused-ring (bicyclic) bond motifs is 1. The van der Waals surface area contributed by atoms with Crippen molar-refractivity contribution in [3.63, 3.8) is 0 Å². The normalized spacial score (nSPS) is 25.7. The summed E-state index contributed by atoms with van der Waals surface area (Å²) < 4.78 is 11.3. The molecule has 0 aromatic carbocycles. The lowest BCUT2D eigenvalue weighted by molar-refractivity contribution is -0.130. The third-order valence-corrected chi connectivity index (χ3v) is 5.46. The molecule has 3 heterocycles. The van der Waals surface area contributed by atoms with Crippen LogP contribution in [0.2, 0.25) is 0 Å². The van der Waals surface area contributed by atoms with E-state index in [0.29, 0.717) is 18.9 Å². The quantitative estimate of drug-likeness (QED) is 0.848. The molecule has 0 spiro atoms. The lowest BCUT2D eigenvalue weighted by atomic mass is 9.81. The van der Waals surface area contributed by atoms with Crippen LogP contribution in [-0.2, 0) is 11.2 Å². The summed E-state index contributed by atoms with van der Waals surface area (Å²) in [6, 6.07) is 7.50. The second kappa shape index (κ2) is 6.30. The maximum absolute atomic E-state index is 12.6. The first kappa shape index (κ1) is 15.2. The van der Waals surface area contributed by atoms with Crippen molar-refractivity contribution in [1.29, 1.82) is 0 Å². The predicted molar refractivity (Wildman–Crippen MR) is 88.5 cm³/mol. The van der Waals surface area contributed by atoms with Gasteiger partial charge in [0.25, 0.3) is 0 Å². The van der Waals surface area contributed by atoms with Gasteiger partial charge in [-0.3, -0.25) is 9.78 Å². The summed E-state index contributed by atoms with van der Waals surface area (Å²) in [6.07, 6.45) is 8.98. The molecule has 126 valence electrons. The molecule has 2 aromatic heterocycles. The number of furan rings is 1. The van der Waals surface area contributed by atoms with Gasteiger partial charge in [-0.2, -0.15) is 0 Å². The van der Waals surface area contributed by atoms with Gasteiger partial charge in [0.05, 0.1) is 25.5 Å². The molecule has 1 saturated heterocycles. The van der Waals surface area contributed by atoms with Gasteiger partial charge in [0.2, 0.25) is 5.91 Å². The Hall–Kier alpha value is -2.30. The highest BCUT2D eigenvalue weighted by Crippen LogP contribution is 2.49. The number of carbonyl (C=O) groups is 1. The van der Waals surface area contributed by atoms with Crippen LogP contribution in [0.4, 0.5) is 0 Å². The molecule has 1 amide bonds. The van der Waals surface area contributed by atoms with Crippen molar-refractivity contribution >= 4 is 5.91 Å². The molecule has 2 atom stereocenters. The van der Waals surface area contributed by atoms with Crippen molar-refractivity contribution in [3.05, 3.63) is 48.7 Å². The van der Waals surface area contributed by atoms with E-state index < -0.39 is 0 Å². The molecule has 1 aliphatic heterocycles. The fourth-order valence-electron chi connectivity index (χ4n) is 4.17. The molecule has 0 bridgehead atoms. The van der Waals surface area contributed by atoms with Crippen molar-refractivity contribution in [2.75, 3.05) is 19.7 Å². The Labute approximate surface area is 141 Å². The standard InChI is InChI=1S/C19H22N2O3/c22-18(10-16-6-3-9-23-16)21-12-15-4-1-7-19(15,13-21)14-24-17-5-2-8-20-11-17/h2-3,5-6,8-9,11,15H,1,4,7,10,12-14H2/t15-,19+/m0/s1. The zero-order chi connectivity index (χ0) is 16.4. The van der Waals surface area contributed by atoms with E-state index in [1.807, 2.05) is 29.2 Å². The van der Waals surface area contributed by atoms with Crippen LogP contribution < -0.4 is 4.74 Å². The Bertz CT molecular complexity index is 686. The van der Waals surface area contributed by atoms with Gasteiger partial charge < -0.3 is 14.1 Å². The minimum Gasteiger partial charge on any atom is -0.491 e. The van der Waals surface area contributed by atoms with Gasteiger partial charge in [0.1, 0.15) is 11.5 Å². The van der Waals surface area contributed by atoms with Crippen molar-refractivity contribution < 1.29 is 13.9 Å². The van der Waals surface area contributed by atoms with Crippen molar-refractivity contribution in [1.82, 2.24) is 9.88 Å². The number of rotatable bonds is 5. The Kier molecular flexibility index (Phi) is 4.00. The number of ether oxygens (including phenoxy) is 1. The zero-order valence-corrected chi connectivity index (χ0v) is 13.7. The molecule has 5 heteroatoms. The first-order chi connectivity index (χ1) is 11.8. The molecule has 0 unspecified atom stereocenters. The highest BCUT2D eigenvalue weighted by molar-refractivity contribution is 5.78. The molecule has 5 nitrogen and oxygen atoms in total. The molecular weight excluding hydrogens is 304 g/mol. The van der Waals surface area contributed by atoms with E-state index in [1.54, 1.807) is 18.7 Å². The fourth-order valence-corrected chi connectivity index (χ4v) is 4.17. The van der Waals surface area contributed by atoms with Crippen molar-refractivity contribution in [2.45, 2.75) is 25.7 Å². The zero-order valence-electron chi connectivity index (χ0n) is 13.7. The third kappa shape index (κ3) is 2.90. The Morgan fingerprint density at radius 3 is 3.17 bits per heavy atom. The molecule has 0 N–H and O–H groups in total. The van der Waals surface area contributed by atoms with E-state index >= 15 is 0 Å². The molecular formula is C19H22N2O3. The Morgan fingerprint density at radius 2 is 2.38 bits per heavy atom. The molecule has 1 aliphatic carbocycles. The first-order valence-electron chi connectivity index (χ1n) is 8.58. The molecule has 2 aromatic rings. The highest BCUT2D eigenvalue weighted by atomic mass is 16.5. The van der Waals surface area contributed by atoms with Crippen LogP contribution in [0.3, 0.4) is 0 Å².